The van der Waals surface area contributed by atoms with Gasteiger partial charge in [0.1, 0.15) is 6.04 Å². The van der Waals surface area contributed by atoms with Gasteiger partial charge in [-0.2, -0.15) is 0 Å². The van der Waals surface area contributed by atoms with Gasteiger partial charge in [0.15, 0.2) is 0 Å². The number of nitrogens with one attached hydrogen (secondary N) is 1. The van der Waals surface area contributed by atoms with Crippen LogP contribution in [0.5, 0.6) is 0 Å². The Bertz CT molecular complexity index is 419. The van der Waals surface area contributed by atoms with E-state index in [0.29, 0.717) is 19.5 Å². The highest BCUT2D eigenvalue weighted by Gasteiger charge is 2.32. The first-order chi connectivity index (χ1) is 8.72. The molecule has 0 aliphatic carbocycles. The maximum atomic E-state index is 12.0. The number of carbonyl (C=O) groups is 2. The van der Waals surface area contributed by atoms with Crippen LogP contribution in [0.25, 0.3) is 0 Å². The minimum atomic E-state index is -0.295. The topological polar surface area (TPSA) is 62.3 Å². The molecule has 2 amide bonds. The summed E-state index contributed by atoms with van der Waals surface area (Å²) in [4.78, 5) is 29.5. The fourth-order valence-electron chi connectivity index (χ4n) is 2.16. The van der Waals surface area contributed by atoms with Crippen LogP contribution in [-0.4, -0.2) is 34.3 Å². The Morgan fingerprint density at radius 2 is 2.44 bits per heavy atom. The van der Waals surface area contributed by atoms with Crippen molar-refractivity contribution in [3.05, 3.63) is 16.6 Å². The average molecular weight is 267 g/mol. The molecule has 1 atom stereocenters. The van der Waals surface area contributed by atoms with E-state index >= 15 is 0 Å². The highest BCUT2D eigenvalue weighted by molar-refractivity contribution is 7.07. The summed E-state index contributed by atoms with van der Waals surface area (Å²) in [6.45, 7) is 2.96. The molecule has 5 nitrogen and oxygen atoms in total. The minimum absolute atomic E-state index is 0.0568. The van der Waals surface area contributed by atoms with Crippen molar-refractivity contribution in [3.63, 3.8) is 0 Å². The molecule has 1 aliphatic heterocycles. The third kappa shape index (κ3) is 2.87. The number of carbonyl (C=O) groups excluding carboxylic acids is 2. The van der Waals surface area contributed by atoms with Gasteiger partial charge in [-0.15, -0.1) is 11.3 Å². The first kappa shape index (κ1) is 13.0. The largest absolute Gasteiger partial charge is 0.349 e. The van der Waals surface area contributed by atoms with E-state index in [9.17, 15) is 9.59 Å². The molecule has 2 rings (SSSR count). The number of amides is 2. The second-order valence-electron chi connectivity index (χ2n) is 4.30. The summed E-state index contributed by atoms with van der Waals surface area (Å²) in [7, 11) is 0. The minimum Gasteiger partial charge on any atom is -0.349 e. The highest BCUT2D eigenvalue weighted by atomic mass is 32.1. The Morgan fingerprint density at radius 1 is 1.61 bits per heavy atom. The van der Waals surface area contributed by atoms with Crippen LogP contribution in [0.2, 0.25) is 0 Å². The lowest BCUT2D eigenvalue weighted by molar-refractivity contribution is -0.138. The number of rotatable bonds is 4. The lowest BCUT2D eigenvalue weighted by Crippen LogP contribution is -2.45. The van der Waals surface area contributed by atoms with Gasteiger partial charge >= 0.3 is 0 Å². The molecule has 18 heavy (non-hydrogen) atoms. The van der Waals surface area contributed by atoms with E-state index in [1.165, 1.54) is 11.3 Å². The predicted molar refractivity (Wildman–Crippen MR) is 69.0 cm³/mol. The van der Waals surface area contributed by atoms with E-state index in [1.807, 2.05) is 12.3 Å². The molecule has 0 radical (unpaired) electrons. The molecule has 0 spiro atoms. The predicted octanol–water partition coefficient (Wildman–Crippen LogP) is 1.16. The van der Waals surface area contributed by atoms with E-state index in [1.54, 1.807) is 10.4 Å². The van der Waals surface area contributed by atoms with Crippen LogP contribution in [0.4, 0.5) is 0 Å². The third-order valence-corrected chi connectivity index (χ3v) is 3.74. The smallest absolute Gasteiger partial charge is 0.243 e. The lowest BCUT2D eigenvalue weighted by Gasteiger charge is -2.23. The van der Waals surface area contributed by atoms with Gasteiger partial charge in [-0.25, -0.2) is 4.98 Å². The van der Waals surface area contributed by atoms with E-state index in [4.69, 9.17) is 0 Å². The van der Waals surface area contributed by atoms with Gasteiger partial charge in [-0.05, 0) is 12.8 Å². The highest BCUT2D eigenvalue weighted by Crippen LogP contribution is 2.18. The number of likely N-dealkylation sites (tertiary alicyclic amines) is 1. The van der Waals surface area contributed by atoms with E-state index in [-0.39, 0.29) is 17.9 Å². The number of hydrogen-bond acceptors (Lipinski definition) is 4. The number of aromatic nitrogens is 1. The second kappa shape index (κ2) is 5.95. The van der Waals surface area contributed by atoms with Crippen LogP contribution in [0.15, 0.2) is 10.9 Å². The number of hydrogen-bond donors (Lipinski definition) is 1. The zero-order chi connectivity index (χ0) is 13.0. The molecule has 2 heterocycles. The quantitative estimate of drug-likeness (QED) is 0.890. The Morgan fingerprint density at radius 3 is 3.11 bits per heavy atom. The Kier molecular flexibility index (Phi) is 4.30. The van der Waals surface area contributed by atoms with Crippen LogP contribution in [0.1, 0.15) is 31.9 Å². The molecule has 0 bridgehead atoms. The van der Waals surface area contributed by atoms with Crippen molar-refractivity contribution in [2.75, 3.05) is 6.54 Å². The third-order valence-electron chi connectivity index (χ3n) is 3.11. The van der Waals surface area contributed by atoms with Crippen molar-refractivity contribution in [1.82, 2.24) is 15.2 Å². The van der Waals surface area contributed by atoms with Crippen molar-refractivity contribution < 1.29 is 9.59 Å². The SMILES string of the molecule is CCC(=O)N1CCCC1C(=O)NCc1cscn1. The molecular weight excluding hydrogens is 250 g/mol. The van der Waals surface area contributed by atoms with Gasteiger partial charge < -0.3 is 10.2 Å². The van der Waals surface area contributed by atoms with Gasteiger partial charge in [0, 0.05) is 18.3 Å². The standard InChI is InChI=1S/C12H17N3O2S/c1-2-11(16)15-5-3-4-10(15)12(17)13-6-9-7-18-8-14-9/h7-8,10H,2-6H2,1H3,(H,13,17). The van der Waals surface area contributed by atoms with Gasteiger partial charge in [0.2, 0.25) is 11.8 Å². The summed E-state index contributed by atoms with van der Waals surface area (Å²) >= 11 is 1.51. The van der Waals surface area contributed by atoms with Crippen LogP contribution in [-0.2, 0) is 16.1 Å². The van der Waals surface area contributed by atoms with Crippen LogP contribution in [0, 0.1) is 0 Å². The fourth-order valence-corrected chi connectivity index (χ4v) is 2.72. The van der Waals surface area contributed by atoms with Gasteiger partial charge in [0.05, 0.1) is 17.7 Å². The Labute approximate surface area is 110 Å². The summed E-state index contributed by atoms with van der Waals surface area (Å²) in [5, 5.41) is 4.75. The van der Waals surface area contributed by atoms with Crippen molar-refractivity contribution in [3.8, 4) is 0 Å². The fraction of sp³-hybridized carbons (Fsp3) is 0.583. The van der Waals surface area contributed by atoms with Crippen LogP contribution in [0.3, 0.4) is 0 Å². The number of nitrogens with zero attached hydrogens (tertiary/aromatic N) is 2. The molecule has 6 heteroatoms. The van der Waals surface area contributed by atoms with Crippen molar-refractivity contribution >= 4 is 23.2 Å². The van der Waals surface area contributed by atoms with Gasteiger partial charge in [-0.1, -0.05) is 6.92 Å². The molecule has 1 aromatic heterocycles. The lowest BCUT2D eigenvalue weighted by atomic mass is 10.2. The van der Waals surface area contributed by atoms with E-state index in [2.05, 4.69) is 10.3 Å². The van der Waals surface area contributed by atoms with Crippen LogP contribution >= 0.6 is 11.3 Å². The Hall–Kier alpha value is -1.43. The average Bonchev–Trinajstić information content (AvgIpc) is 3.05. The molecule has 98 valence electrons. The van der Waals surface area contributed by atoms with Crippen molar-refractivity contribution in [1.29, 1.82) is 0 Å². The maximum absolute atomic E-state index is 12.0. The monoisotopic (exact) mass is 267 g/mol. The molecule has 1 aliphatic rings. The molecule has 0 aromatic carbocycles. The van der Waals surface area contributed by atoms with Gasteiger partial charge in [-0.3, -0.25) is 9.59 Å². The normalized spacial score (nSPS) is 18.9. The van der Waals surface area contributed by atoms with Crippen LogP contribution < -0.4 is 5.32 Å². The maximum Gasteiger partial charge on any atom is 0.243 e. The zero-order valence-corrected chi connectivity index (χ0v) is 11.2. The molecule has 1 N–H and O–H groups in total. The molecule has 0 saturated carbocycles. The Balaban J connectivity index is 1.89. The summed E-state index contributed by atoms with van der Waals surface area (Å²) in [6.07, 6.45) is 2.12. The van der Waals surface area contributed by atoms with E-state index < -0.39 is 0 Å². The molecular formula is C12H17N3O2S. The molecule has 1 aromatic rings. The first-order valence-electron chi connectivity index (χ1n) is 6.16. The van der Waals surface area contributed by atoms with Crippen molar-refractivity contribution in [2.24, 2.45) is 0 Å². The second-order valence-corrected chi connectivity index (χ2v) is 5.01. The van der Waals surface area contributed by atoms with Crippen molar-refractivity contribution in [2.45, 2.75) is 38.8 Å². The molecule has 1 fully saturated rings. The zero-order valence-electron chi connectivity index (χ0n) is 10.4. The summed E-state index contributed by atoms with van der Waals surface area (Å²) < 4.78 is 0. The van der Waals surface area contributed by atoms with E-state index in [0.717, 1.165) is 18.5 Å². The number of thiazole rings is 1. The summed E-state index contributed by atoms with van der Waals surface area (Å²) in [5.41, 5.74) is 2.60. The molecule has 1 saturated heterocycles. The molecule has 1 unspecified atom stereocenters. The first-order valence-corrected chi connectivity index (χ1v) is 7.11. The summed E-state index contributed by atoms with van der Waals surface area (Å²) in [5.74, 6) is -0.0105. The summed E-state index contributed by atoms with van der Waals surface area (Å²) in [6, 6.07) is -0.295. The van der Waals surface area contributed by atoms with Gasteiger partial charge in [0.25, 0.3) is 0 Å².